The van der Waals surface area contributed by atoms with Crippen LogP contribution < -0.4 is 4.90 Å². The van der Waals surface area contributed by atoms with Crippen LogP contribution in [-0.4, -0.2) is 51.4 Å². The molecule has 2 aromatic heterocycles. The first-order valence-electron chi connectivity index (χ1n) is 8.50. The number of pyridine rings is 1. The SMILES string of the molecule is Cc1cc(C)nc(N2CC3CC2CN(C(=O)c2cccnc2F)C3)n1. The predicted molar refractivity (Wildman–Crippen MR) is 90.8 cm³/mol. The van der Waals surface area contributed by atoms with Gasteiger partial charge in [-0.15, -0.1) is 0 Å². The number of hydrogen-bond donors (Lipinski definition) is 0. The summed E-state index contributed by atoms with van der Waals surface area (Å²) in [5.74, 6) is 0.0853. The van der Waals surface area contributed by atoms with Crippen molar-refractivity contribution in [3.63, 3.8) is 0 Å². The summed E-state index contributed by atoms with van der Waals surface area (Å²) in [5.41, 5.74) is 1.92. The molecule has 0 aliphatic carbocycles. The third-order valence-corrected chi connectivity index (χ3v) is 4.91. The first kappa shape index (κ1) is 15.9. The standard InChI is InChI=1S/C18H20FN5O/c1-11-6-12(2)22-18(21-11)24-9-13-7-14(24)10-23(8-13)17(25)15-4-3-5-20-16(15)19/h3-6,13-14H,7-10H2,1-2H3. The van der Waals surface area contributed by atoms with E-state index < -0.39 is 5.95 Å². The van der Waals surface area contributed by atoms with Crippen LogP contribution in [0, 0.1) is 25.7 Å². The lowest BCUT2D eigenvalue weighted by molar-refractivity contribution is 0.0688. The number of aryl methyl sites for hydroxylation is 2. The van der Waals surface area contributed by atoms with Gasteiger partial charge in [0.1, 0.15) is 0 Å². The van der Waals surface area contributed by atoms with E-state index in [0.29, 0.717) is 19.0 Å². The van der Waals surface area contributed by atoms with Crippen LogP contribution >= 0.6 is 0 Å². The number of fused-ring (bicyclic) bond motifs is 2. The summed E-state index contributed by atoms with van der Waals surface area (Å²) < 4.78 is 13.8. The fourth-order valence-electron chi connectivity index (χ4n) is 3.92. The highest BCUT2D eigenvalue weighted by atomic mass is 19.1. The van der Waals surface area contributed by atoms with Crippen LogP contribution in [0.15, 0.2) is 24.4 Å². The van der Waals surface area contributed by atoms with Crippen molar-refractivity contribution in [3.05, 3.63) is 47.3 Å². The number of aromatic nitrogens is 3. The van der Waals surface area contributed by atoms with E-state index in [1.165, 1.54) is 12.3 Å². The largest absolute Gasteiger partial charge is 0.336 e. The van der Waals surface area contributed by atoms with Gasteiger partial charge in [0.25, 0.3) is 5.91 Å². The van der Waals surface area contributed by atoms with Gasteiger partial charge < -0.3 is 9.80 Å². The molecule has 2 aromatic rings. The van der Waals surface area contributed by atoms with Crippen molar-refractivity contribution >= 4 is 11.9 Å². The molecule has 2 aliphatic rings. The van der Waals surface area contributed by atoms with Gasteiger partial charge in [-0.1, -0.05) is 0 Å². The Morgan fingerprint density at radius 3 is 2.68 bits per heavy atom. The smallest absolute Gasteiger partial charge is 0.258 e. The van der Waals surface area contributed by atoms with E-state index in [2.05, 4.69) is 19.9 Å². The number of piperidine rings is 1. The van der Waals surface area contributed by atoms with Gasteiger partial charge in [0, 0.05) is 43.3 Å². The van der Waals surface area contributed by atoms with Crippen LogP contribution in [-0.2, 0) is 0 Å². The second-order valence-corrected chi connectivity index (χ2v) is 6.91. The van der Waals surface area contributed by atoms with Crippen LogP contribution in [0.3, 0.4) is 0 Å². The average Bonchev–Trinajstić information content (AvgIpc) is 2.88. The molecule has 4 heterocycles. The molecular weight excluding hydrogens is 321 g/mol. The Morgan fingerprint density at radius 1 is 1.20 bits per heavy atom. The van der Waals surface area contributed by atoms with E-state index in [1.54, 1.807) is 11.0 Å². The molecule has 0 N–H and O–H groups in total. The maximum absolute atomic E-state index is 13.8. The summed E-state index contributed by atoms with van der Waals surface area (Å²) in [6.45, 7) is 5.93. The summed E-state index contributed by atoms with van der Waals surface area (Å²) in [7, 11) is 0. The van der Waals surface area contributed by atoms with Crippen LogP contribution in [0.2, 0.25) is 0 Å². The molecular formula is C18H20FN5O. The highest BCUT2D eigenvalue weighted by Gasteiger charge is 2.41. The third-order valence-electron chi connectivity index (χ3n) is 4.91. The van der Waals surface area contributed by atoms with Gasteiger partial charge in [0.05, 0.1) is 5.56 Å². The van der Waals surface area contributed by atoms with Crippen molar-refractivity contribution in [1.29, 1.82) is 0 Å². The van der Waals surface area contributed by atoms with E-state index in [9.17, 15) is 9.18 Å². The molecule has 0 saturated carbocycles. The second-order valence-electron chi connectivity index (χ2n) is 6.91. The molecule has 0 radical (unpaired) electrons. The van der Waals surface area contributed by atoms with Gasteiger partial charge in [0.2, 0.25) is 11.9 Å². The van der Waals surface area contributed by atoms with Crippen LogP contribution in [0.25, 0.3) is 0 Å². The molecule has 4 rings (SSSR count). The average molecular weight is 341 g/mol. The number of carbonyl (C=O) groups excluding carboxylic acids is 1. The fraction of sp³-hybridized carbons (Fsp3) is 0.444. The number of rotatable bonds is 2. The van der Waals surface area contributed by atoms with Crippen molar-refractivity contribution in [1.82, 2.24) is 19.9 Å². The molecule has 2 unspecified atom stereocenters. The van der Waals surface area contributed by atoms with E-state index in [0.717, 1.165) is 30.3 Å². The van der Waals surface area contributed by atoms with Crippen molar-refractivity contribution in [2.45, 2.75) is 26.3 Å². The van der Waals surface area contributed by atoms with Crippen molar-refractivity contribution in [2.24, 2.45) is 5.92 Å². The molecule has 6 nitrogen and oxygen atoms in total. The summed E-state index contributed by atoms with van der Waals surface area (Å²) in [6, 6.07) is 5.20. The minimum atomic E-state index is -0.708. The first-order chi connectivity index (χ1) is 12.0. The van der Waals surface area contributed by atoms with E-state index in [4.69, 9.17) is 0 Å². The zero-order valence-electron chi connectivity index (χ0n) is 14.3. The Hall–Kier alpha value is -2.57. The molecule has 2 atom stereocenters. The van der Waals surface area contributed by atoms with Crippen LogP contribution in [0.4, 0.5) is 10.3 Å². The van der Waals surface area contributed by atoms with Crippen molar-refractivity contribution < 1.29 is 9.18 Å². The van der Waals surface area contributed by atoms with E-state index in [-0.39, 0.29) is 17.5 Å². The van der Waals surface area contributed by atoms with Crippen molar-refractivity contribution in [3.8, 4) is 0 Å². The zero-order valence-corrected chi connectivity index (χ0v) is 14.3. The van der Waals surface area contributed by atoms with Gasteiger partial charge in [-0.05, 0) is 44.4 Å². The maximum Gasteiger partial charge on any atom is 0.258 e. The van der Waals surface area contributed by atoms with Gasteiger partial charge in [-0.25, -0.2) is 15.0 Å². The molecule has 2 bridgehead atoms. The molecule has 2 aliphatic heterocycles. The molecule has 130 valence electrons. The first-order valence-corrected chi connectivity index (χ1v) is 8.50. The summed E-state index contributed by atoms with van der Waals surface area (Å²) in [5, 5.41) is 0. The fourth-order valence-corrected chi connectivity index (χ4v) is 3.92. The minimum Gasteiger partial charge on any atom is -0.336 e. The Bertz CT molecular complexity index is 807. The van der Waals surface area contributed by atoms with Crippen LogP contribution in [0.5, 0.6) is 0 Å². The number of amides is 1. The van der Waals surface area contributed by atoms with E-state index >= 15 is 0 Å². The molecule has 0 spiro atoms. The monoisotopic (exact) mass is 341 g/mol. The maximum atomic E-state index is 13.8. The normalized spacial score (nSPS) is 22.4. The van der Waals surface area contributed by atoms with Gasteiger partial charge in [-0.2, -0.15) is 4.39 Å². The Kier molecular flexibility index (Phi) is 3.86. The summed E-state index contributed by atoms with van der Waals surface area (Å²) in [6.07, 6.45) is 2.36. The highest BCUT2D eigenvalue weighted by molar-refractivity contribution is 5.94. The Balaban J connectivity index is 1.56. The molecule has 25 heavy (non-hydrogen) atoms. The topological polar surface area (TPSA) is 62.2 Å². The Labute approximate surface area is 145 Å². The number of anilines is 1. The molecule has 2 fully saturated rings. The lowest BCUT2D eigenvalue weighted by Gasteiger charge is -2.32. The molecule has 7 heteroatoms. The summed E-state index contributed by atoms with van der Waals surface area (Å²) >= 11 is 0. The Morgan fingerprint density at radius 2 is 1.96 bits per heavy atom. The van der Waals surface area contributed by atoms with Crippen molar-refractivity contribution in [2.75, 3.05) is 24.5 Å². The lowest BCUT2D eigenvalue weighted by Crippen LogP contribution is -2.45. The lowest BCUT2D eigenvalue weighted by atomic mass is 9.99. The number of nitrogens with zero attached hydrogens (tertiary/aromatic N) is 5. The number of hydrogen-bond acceptors (Lipinski definition) is 5. The second kappa shape index (κ2) is 6.06. The summed E-state index contributed by atoms with van der Waals surface area (Å²) in [4.78, 5) is 29.3. The highest BCUT2D eigenvalue weighted by Crippen LogP contribution is 2.33. The predicted octanol–water partition coefficient (Wildman–Crippen LogP) is 1.98. The third kappa shape index (κ3) is 2.94. The van der Waals surface area contributed by atoms with Crippen LogP contribution in [0.1, 0.15) is 28.2 Å². The molecule has 0 aromatic carbocycles. The molecule has 1 amide bonds. The van der Waals surface area contributed by atoms with E-state index in [1.807, 2.05) is 19.9 Å². The van der Waals surface area contributed by atoms with Gasteiger partial charge >= 0.3 is 0 Å². The zero-order chi connectivity index (χ0) is 17.6. The molecule has 2 saturated heterocycles. The number of likely N-dealkylation sites (tertiary alicyclic amines) is 1. The number of carbonyl (C=O) groups is 1. The van der Waals surface area contributed by atoms with Gasteiger partial charge in [-0.3, -0.25) is 4.79 Å². The quantitative estimate of drug-likeness (QED) is 0.782. The minimum absolute atomic E-state index is 0.0398. The van der Waals surface area contributed by atoms with Gasteiger partial charge in [0.15, 0.2) is 0 Å². The number of halogens is 1.